The molecular weight excluding hydrogens is 337 g/mol. The zero-order chi connectivity index (χ0) is 14.3. The number of halogens is 2. The third kappa shape index (κ3) is 5.61. The molecule has 1 aromatic rings. The van der Waals surface area contributed by atoms with Gasteiger partial charge in [0.2, 0.25) is 6.41 Å². The first-order chi connectivity index (χ1) is 9.04. The van der Waals surface area contributed by atoms with Gasteiger partial charge in [-0.2, -0.15) is 11.8 Å². The summed E-state index contributed by atoms with van der Waals surface area (Å²) in [5.74, 6) is -0.105. The third-order valence-electron chi connectivity index (χ3n) is 2.37. The summed E-state index contributed by atoms with van der Waals surface area (Å²) in [4.78, 5) is 21.0. The van der Waals surface area contributed by atoms with Crippen molar-refractivity contribution in [2.45, 2.75) is 18.2 Å². The number of carboxylic acid groups (broad SMARTS) is 1. The minimum Gasteiger partial charge on any atom is -0.480 e. The largest absolute Gasteiger partial charge is 0.480 e. The standard InChI is InChI=1S/C12H13BrFNO3S/c13-9-5-8(1-2-10(9)14)6-19-4-3-11(12(17)18)15-7-16/h1-2,5,7,11H,3-4,6H2,(H,15,16)(H,17,18). The Balaban J connectivity index is 2.35. The summed E-state index contributed by atoms with van der Waals surface area (Å²) in [6.45, 7) is 0. The van der Waals surface area contributed by atoms with Crippen molar-refractivity contribution in [1.29, 1.82) is 0 Å². The molecule has 19 heavy (non-hydrogen) atoms. The normalized spacial score (nSPS) is 11.9. The highest BCUT2D eigenvalue weighted by molar-refractivity contribution is 9.10. The molecule has 0 radical (unpaired) electrons. The van der Waals surface area contributed by atoms with Crippen LogP contribution in [0.5, 0.6) is 0 Å². The van der Waals surface area contributed by atoms with E-state index in [-0.39, 0.29) is 5.82 Å². The van der Waals surface area contributed by atoms with E-state index in [0.29, 0.717) is 28.8 Å². The Morgan fingerprint density at radius 2 is 2.32 bits per heavy atom. The smallest absolute Gasteiger partial charge is 0.326 e. The van der Waals surface area contributed by atoms with Crippen molar-refractivity contribution < 1.29 is 19.1 Å². The third-order valence-corrected chi connectivity index (χ3v) is 4.04. The fourth-order valence-corrected chi connectivity index (χ4v) is 2.77. The predicted molar refractivity (Wildman–Crippen MR) is 75.5 cm³/mol. The van der Waals surface area contributed by atoms with Crippen LogP contribution >= 0.6 is 27.7 Å². The molecule has 2 N–H and O–H groups in total. The van der Waals surface area contributed by atoms with Crippen LogP contribution in [0.15, 0.2) is 22.7 Å². The lowest BCUT2D eigenvalue weighted by Crippen LogP contribution is -2.36. The molecule has 1 amide bonds. The van der Waals surface area contributed by atoms with E-state index < -0.39 is 12.0 Å². The number of aliphatic carboxylic acids is 1. The van der Waals surface area contributed by atoms with Crippen LogP contribution < -0.4 is 5.32 Å². The van der Waals surface area contributed by atoms with Crippen LogP contribution in [-0.4, -0.2) is 29.3 Å². The minimum atomic E-state index is -1.04. The molecule has 0 aliphatic heterocycles. The van der Waals surface area contributed by atoms with Crippen molar-refractivity contribution in [2.75, 3.05) is 5.75 Å². The highest BCUT2D eigenvalue weighted by Crippen LogP contribution is 2.20. The van der Waals surface area contributed by atoms with Gasteiger partial charge in [-0.25, -0.2) is 9.18 Å². The average Bonchev–Trinajstić information content (AvgIpc) is 2.37. The average molecular weight is 350 g/mol. The van der Waals surface area contributed by atoms with Crippen molar-refractivity contribution in [3.8, 4) is 0 Å². The number of rotatable bonds is 8. The van der Waals surface area contributed by atoms with Crippen molar-refractivity contribution in [1.82, 2.24) is 5.32 Å². The molecule has 1 aromatic carbocycles. The lowest BCUT2D eigenvalue weighted by atomic mass is 10.2. The predicted octanol–water partition coefficient (Wildman–Crippen LogP) is 2.41. The summed E-state index contributed by atoms with van der Waals surface area (Å²) < 4.78 is 13.4. The van der Waals surface area contributed by atoms with Gasteiger partial charge in [-0.05, 0) is 45.8 Å². The van der Waals surface area contributed by atoms with Crippen LogP contribution in [0.1, 0.15) is 12.0 Å². The molecular formula is C12H13BrFNO3S. The topological polar surface area (TPSA) is 66.4 Å². The highest BCUT2D eigenvalue weighted by atomic mass is 79.9. The van der Waals surface area contributed by atoms with Crippen molar-refractivity contribution >= 4 is 40.1 Å². The molecule has 4 nitrogen and oxygen atoms in total. The van der Waals surface area contributed by atoms with Gasteiger partial charge in [-0.1, -0.05) is 6.07 Å². The maximum Gasteiger partial charge on any atom is 0.326 e. The van der Waals surface area contributed by atoms with E-state index in [1.807, 2.05) is 0 Å². The molecule has 0 aliphatic rings. The summed E-state index contributed by atoms with van der Waals surface area (Å²) in [7, 11) is 0. The number of benzene rings is 1. The lowest BCUT2D eigenvalue weighted by molar-refractivity contribution is -0.140. The molecule has 0 saturated carbocycles. The van der Waals surface area contributed by atoms with Crippen LogP contribution in [0.3, 0.4) is 0 Å². The first-order valence-corrected chi connectivity index (χ1v) is 7.43. The summed E-state index contributed by atoms with van der Waals surface area (Å²) in [5, 5.41) is 11.1. The Bertz CT molecular complexity index is 459. The van der Waals surface area contributed by atoms with Crippen LogP contribution in [0.4, 0.5) is 4.39 Å². The van der Waals surface area contributed by atoms with Crippen LogP contribution in [0.2, 0.25) is 0 Å². The maximum absolute atomic E-state index is 13.0. The maximum atomic E-state index is 13.0. The zero-order valence-corrected chi connectivity index (χ0v) is 12.3. The van der Waals surface area contributed by atoms with E-state index in [0.717, 1.165) is 5.56 Å². The molecule has 0 saturated heterocycles. The van der Waals surface area contributed by atoms with Crippen LogP contribution in [0.25, 0.3) is 0 Å². The van der Waals surface area contributed by atoms with E-state index in [9.17, 15) is 14.0 Å². The van der Waals surface area contributed by atoms with E-state index in [2.05, 4.69) is 21.2 Å². The van der Waals surface area contributed by atoms with Gasteiger partial charge in [0.25, 0.3) is 0 Å². The van der Waals surface area contributed by atoms with Gasteiger partial charge in [-0.15, -0.1) is 0 Å². The number of carbonyl (C=O) groups excluding carboxylic acids is 1. The van der Waals surface area contributed by atoms with E-state index >= 15 is 0 Å². The number of hydrogen-bond acceptors (Lipinski definition) is 3. The van der Waals surface area contributed by atoms with Gasteiger partial charge in [-0.3, -0.25) is 4.79 Å². The number of thioether (sulfide) groups is 1. The fourth-order valence-electron chi connectivity index (χ4n) is 1.38. The molecule has 1 rings (SSSR count). The number of carbonyl (C=O) groups is 2. The fraction of sp³-hybridized carbons (Fsp3) is 0.333. The highest BCUT2D eigenvalue weighted by Gasteiger charge is 2.15. The van der Waals surface area contributed by atoms with Crippen LogP contribution in [0, 0.1) is 5.82 Å². The van der Waals surface area contributed by atoms with E-state index in [1.165, 1.54) is 17.8 Å². The first-order valence-electron chi connectivity index (χ1n) is 5.48. The van der Waals surface area contributed by atoms with Crippen molar-refractivity contribution in [3.63, 3.8) is 0 Å². The van der Waals surface area contributed by atoms with Gasteiger partial charge in [0, 0.05) is 5.75 Å². The van der Waals surface area contributed by atoms with Gasteiger partial charge in [0.1, 0.15) is 11.9 Å². The van der Waals surface area contributed by atoms with Gasteiger partial charge in [0.15, 0.2) is 0 Å². The molecule has 104 valence electrons. The Morgan fingerprint density at radius 1 is 1.58 bits per heavy atom. The Hall–Kier alpha value is -1.08. The van der Waals surface area contributed by atoms with E-state index in [4.69, 9.17) is 5.11 Å². The Morgan fingerprint density at radius 3 is 2.89 bits per heavy atom. The molecule has 0 bridgehead atoms. The molecule has 0 heterocycles. The minimum absolute atomic E-state index is 0.310. The molecule has 1 atom stereocenters. The second kappa shape index (κ2) is 8.16. The molecule has 7 heteroatoms. The summed E-state index contributed by atoms with van der Waals surface area (Å²) >= 11 is 4.64. The summed E-state index contributed by atoms with van der Waals surface area (Å²) in [6.07, 6.45) is 0.738. The van der Waals surface area contributed by atoms with Crippen LogP contribution in [-0.2, 0) is 15.3 Å². The zero-order valence-electron chi connectivity index (χ0n) is 9.94. The second-order valence-corrected chi connectivity index (χ2v) is 5.72. The van der Waals surface area contributed by atoms with Gasteiger partial charge in [0.05, 0.1) is 4.47 Å². The monoisotopic (exact) mass is 349 g/mol. The molecule has 0 fully saturated rings. The number of nitrogens with one attached hydrogen (secondary N) is 1. The first kappa shape index (κ1) is 16.0. The van der Waals surface area contributed by atoms with E-state index in [1.54, 1.807) is 12.1 Å². The van der Waals surface area contributed by atoms with Crippen molar-refractivity contribution in [2.24, 2.45) is 0 Å². The summed E-state index contributed by atoms with van der Waals surface area (Å²) in [6, 6.07) is 3.91. The molecule has 0 aromatic heterocycles. The quantitative estimate of drug-likeness (QED) is 0.558. The second-order valence-electron chi connectivity index (χ2n) is 3.77. The molecule has 0 aliphatic carbocycles. The summed E-state index contributed by atoms with van der Waals surface area (Å²) in [5.41, 5.74) is 0.952. The Labute approximate surface area is 122 Å². The number of amides is 1. The molecule has 1 unspecified atom stereocenters. The number of hydrogen-bond donors (Lipinski definition) is 2. The van der Waals surface area contributed by atoms with Gasteiger partial charge < -0.3 is 10.4 Å². The van der Waals surface area contributed by atoms with Crippen molar-refractivity contribution in [3.05, 3.63) is 34.1 Å². The lowest BCUT2D eigenvalue weighted by Gasteiger charge is -2.10. The Kier molecular flexibility index (Phi) is 6.86. The van der Waals surface area contributed by atoms with Gasteiger partial charge >= 0.3 is 5.97 Å². The molecule has 0 spiro atoms. The number of carboxylic acids is 1. The SMILES string of the molecule is O=CNC(CCSCc1ccc(F)c(Br)c1)C(=O)O.